The number of carboxylic acids is 1. The lowest BCUT2D eigenvalue weighted by molar-refractivity contribution is 0.0153. The molecule has 0 aliphatic carbocycles. The van der Waals surface area contributed by atoms with E-state index in [0.717, 1.165) is 12.1 Å². The SMILES string of the molecule is CC(F)(F)c1cc(Br)ccc1C(=O)O. The molecule has 0 heterocycles. The highest BCUT2D eigenvalue weighted by atomic mass is 79.9. The highest BCUT2D eigenvalue weighted by Crippen LogP contribution is 2.31. The molecule has 0 fully saturated rings. The van der Waals surface area contributed by atoms with E-state index in [0.29, 0.717) is 11.4 Å². The van der Waals surface area contributed by atoms with Crippen LogP contribution in [0.2, 0.25) is 0 Å². The summed E-state index contributed by atoms with van der Waals surface area (Å²) in [5.41, 5.74) is -0.861. The molecule has 0 aliphatic heterocycles. The summed E-state index contributed by atoms with van der Waals surface area (Å²) in [5.74, 6) is -4.51. The second kappa shape index (κ2) is 3.65. The van der Waals surface area contributed by atoms with Gasteiger partial charge in [-0.25, -0.2) is 13.6 Å². The zero-order chi connectivity index (χ0) is 10.9. The Balaban J connectivity index is 3.38. The van der Waals surface area contributed by atoms with Crippen LogP contribution >= 0.6 is 15.9 Å². The van der Waals surface area contributed by atoms with Crippen molar-refractivity contribution in [2.24, 2.45) is 0 Å². The third kappa shape index (κ3) is 2.29. The Bertz CT molecular complexity index is 372. The van der Waals surface area contributed by atoms with Crippen LogP contribution in [0.4, 0.5) is 8.78 Å². The normalized spacial score (nSPS) is 11.4. The molecule has 0 saturated carbocycles. The molecule has 1 aromatic rings. The summed E-state index contributed by atoms with van der Waals surface area (Å²) in [5, 5.41) is 8.67. The minimum Gasteiger partial charge on any atom is -0.478 e. The maximum absolute atomic E-state index is 13.0. The summed E-state index contributed by atoms with van der Waals surface area (Å²) in [4.78, 5) is 10.6. The number of rotatable bonds is 2. The van der Waals surface area contributed by atoms with Crippen LogP contribution in [0.5, 0.6) is 0 Å². The largest absolute Gasteiger partial charge is 0.478 e. The molecule has 0 unspecified atom stereocenters. The molecule has 0 amide bonds. The molecule has 5 heteroatoms. The van der Waals surface area contributed by atoms with Crippen LogP contribution in [-0.4, -0.2) is 11.1 Å². The maximum Gasteiger partial charge on any atom is 0.336 e. The molecule has 1 rings (SSSR count). The zero-order valence-corrected chi connectivity index (χ0v) is 8.81. The van der Waals surface area contributed by atoms with Crippen molar-refractivity contribution in [3.8, 4) is 0 Å². The van der Waals surface area contributed by atoms with Gasteiger partial charge in [0.2, 0.25) is 0 Å². The summed E-state index contributed by atoms with van der Waals surface area (Å²) in [6.45, 7) is 0.668. The van der Waals surface area contributed by atoms with Crippen molar-refractivity contribution in [1.29, 1.82) is 0 Å². The lowest BCUT2D eigenvalue weighted by Crippen LogP contribution is -2.13. The number of carboxylic acid groups (broad SMARTS) is 1. The lowest BCUT2D eigenvalue weighted by atomic mass is 10.0. The van der Waals surface area contributed by atoms with Crippen molar-refractivity contribution in [3.05, 3.63) is 33.8 Å². The van der Waals surface area contributed by atoms with Gasteiger partial charge in [-0.1, -0.05) is 15.9 Å². The van der Waals surface area contributed by atoms with Crippen molar-refractivity contribution in [2.75, 3.05) is 0 Å². The first-order chi connectivity index (χ1) is 6.32. The van der Waals surface area contributed by atoms with E-state index in [1.807, 2.05) is 0 Å². The molecule has 2 nitrogen and oxygen atoms in total. The number of carbonyl (C=O) groups is 1. The molecule has 0 aliphatic rings. The van der Waals surface area contributed by atoms with Gasteiger partial charge >= 0.3 is 5.97 Å². The average molecular weight is 265 g/mol. The van der Waals surface area contributed by atoms with Gasteiger partial charge in [0.05, 0.1) is 5.56 Å². The van der Waals surface area contributed by atoms with Gasteiger partial charge in [0.15, 0.2) is 0 Å². The van der Waals surface area contributed by atoms with Crippen LogP contribution in [0.1, 0.15) is 22.8 Å². The van der Waals surface area contributed by atoms with Crippen LogP contribution in [0.25, 0.3) is 0 Å². The Morgan fingerprint density at radius 2 is 2.07 bits per heavy atom. The standard InChI is InChI=1S/C9H7BrF2O2/c1-9(11,12)7-4-5(10)2-3-6(7)8(13)14/h2-4H,1H3,(H,13,14). The fourth-order valence-corrected chi connectivity index (χ4v) is 1.43. The predicted molar refractivity (Wildman–Crippen MR) is 50.7 cm³/mol. The van der Waals surface area contributed by atoms with Gasteiger partial charge in [-0.05, 0) is 18.2 Å². The second-order valence-electron chi connectivity index (χ2n) is 2.88. The van der Waals surface area contributed by atoms with E-state index in [-0.39, 0.29) is 5.56 Å². The molecule has 0 radical (unpaired) electrons. The van der Waals surface area contributed by atoms with Crippen molar-refractivity contribution in [1.82, 2.24) is 0 Å². The minimum absolute atomic E-state index is 0.374. The van der Waals surface area contributed by atoms with E-state index in [9.17, 15) is 13.6 Å². The number of hydrogen-bond acceptors (Lipinski definition) is 1. The molecule has 0 aromatic heterocycles. The van der Waals surface area contributed by atoms with Gasteiger partial charge in [0.1, 0.15) is 0 Å². The van der Waals surface area contributed by atoms with Crippen molar-refractivity contribution in [2.45, 2.75) is 12.8 Å². The molecule has 0 saturated heterocycles. The lowest BCUT2D eigenvalue weighted by Gasteiger charge is -2.13. The third-order valence-corrected chi connectivity index (χ3v) is 2.18. The van der Waals surface area contributed by atoms with Gasteiger partial charge in [0.25, 0.3) is 5.92 Å². The van der Waals surface area contributed by atoms with Gasteiger partial charge in [0, 0.05) is 17.0 Å². The molecular weight excluding hydrogens is 258 g/mol. The van der Waals surface area contributed by atoms with Crippen LogP contribution in [0, 0.1) is 0 Å². The number of benzene rings is 1. The minimum atomic E-state index is -3.16. The van der Waals surface area contributed by atoms with Gasteiger partial charge in [-0.2, -0.15) is 0 Å². The number of aromatic carboxylic acids is 1. The van der Waals surface area contributed by atoms with Gasteiger partial charge in [-0.3, -0.25) is 0 Å². The molecule has 0 spiro atoms. The Morgan fingerprint density at radius 1 is 1.50 bits per heavy atom. The number of alkyl halides is 2. The Hall–Kier alpha value is -0.970. The number of halogens is 3. The summed E-state index contributed by atoms with van der Waals surface area (Å²) < 4.78 is 26.4. The van der Waals surface area contributed by atoms with Crippen LogP contribution < -0.4 is 0 Å². The highest BCUT2D eigenvalue weighted by Gasteiger charge is 2.29. The van der Waals surface area contributed by atoms with E-state index in [4.69, 9.17) is 5.11 Å². The summed E-state index contributed by atoms with van der Waals surface area (Å²) >= 11 is 3.01. The molecule has 1 N–H and O–H groups in total. The smallest absolute Gasteiger partial charge is 0.336 e. The van der Waals surface area contributed by atoms with Crippen molar-refractivity contribution >= 4 is 21.9 Å². The molecule has 76 valence electrons. The van der Waals surface area contributed by atoms with E-state index in [1.54, 1.807) is 0 Å². The van der Waals surface area contributed by atoms with Crippen LogP contribution in [0.3, 0.4) is 0 Å². The average Bonchev–Trinajstić information content (AvgIpc) is 2.01. The van der Waals surface area contributed by atoms with E-state index in [1.165, 1.54) is 6.07 Å². The summed E-state index contributed by atoms with van der Waals surface area (Å²) in [6, 6.07) is 3.68. The second-order valence-corrected chi connectivity index (χ2v) is 3.80. The Morgan fingerprint density at radius 3 is 2.50 bits per heavy atom. The Labute approximate surface area is 87.7 Å². The molecule has 0 bridgehead atoms. The predicted octanol–water partition coefficient (Wildman–Crippen LogP) is 3.26. The summed E-state index contributed by atoms with van der Waals surface area (Å²) in [7, 11) is 0. The maximum atomic E-state index is 13.0. The zero-order valence-electron chi connectivity index (χ0n) is 7.22. The molecule has 14 heavy (non-hydrogen) atoms. The molecule has 1 aromatic carbocycles. The molecule has 0 atom stereocenters. The van der Waals surface area contributed by atoms with E-state index >= 15 is 0 Å². The van der Waals surface area contributed by atoms with Crippen LogP contribution in [-0.2, 0) is 5.92 Å². The summed E-state index contributed by atoms with van der Waals surface area (Å²) in [6.07, 6.45) is 0. The first-order valence-corrected chi connectivity index (χ1v) is 4.53. The van der Waals surface area contributed by atoms with Crippen molar-refractivity contribution < 1.29 is 18.7 Å². The van der Waals surface area contributed by atoms with Crippen LogP contribution in [0.15, 0.2) is 22.7 Å². The van der Waals surface area contributed by atoms with E-state index < -0.39 is 17.5 Å². The quantitative estimate of drug-likeness (QED) is 0.891. The van der Waals surface area contributed by atoms with Crippen molar-refractivity contribution in [3.63, 3.8) is 0 Å². The highest BCUT2D eigenvalue weighted by molar-refractivity contribution is 9.10. The van der Waals surface area contributed by atoms with Gasteiger partial charge < -0.3 is 5.11 Å². The molecular formula is C9H7BrF2O2. The topological polar surface area (TPSA) is 37.3 Å². The number of hydrogen-bond donors (Lipinski definition) is 1. The first-order valence-electron chi connectivity index (χ1n) is 3.73. The first kappa shape index (κ1) is 11.1. The van der Waals surface area contributed by atoms with E-state index in [2.05, 4.69) is 15.9 Å². The fourth-order valence-electron chi connectivity index (χ4n) is 1.07. The Kier molecular flexibility index (Phi) is 2.89. The van der Waals surface area contributed by atoms with Gasteiger partial charge in [-0.15, -0.1) is 0 Å². The monoisotopic (exact) mass is 264 g/mol. The third-order valence-electron chi connectivity index (χ3n) is 1.68. The fraction of sp³-hybridized carbons (Fsp3) is 0.222.